The fraction of sp³-hybridized carbons (Fsp3) is 0.794. The first-order valence-electron chi connectivity index (χ1n) is 31.1. The highest BCUT2D eigenvalue weighted by Gasteiger charge is 2.72. The van der Waals surface area contributed by atoms with Crippen molar-refractivity contribution in [3.63, 3.8) is 0 Å². The summed E-state index contributed by atoms with van der Waals surface area (Å²) in [5.74, 6) is -3.11. The van der Waals surface area contributed by atoms with E-state index in [1.54, 1.807) is 0 Å². The van der Waals surface area contributed by atoms with Crippen LogP contribution in [0, 0.1) is 50.2 Å². The van der Waals surface area contributed by atoms with Crippen LogP contribution in [0.2, 0.25) is 0 Å². The summed E-state index contributed by atoms with van der Waals surface area (Å²) in [5, 5.41) is 140. The number of fused-ring (bicyclic) bond motifs is 7. The molecule has 1 aromatic rings. The van der Waals surface area contributed by atoms with Gasteiger partial charge in [0.1, 0.15) is 90.5 Å². The zero-order chi connectivity index (χ0) is 64.8. The van der Waals surface area contributed by atoms with Crippen LogP contribution >= 0.6 is 0 Å². The molecule has 500 valence electrons. The number of carbonyl (C=O) groups is 3. The minimum atomic E-state index is -1.96. The Morgan fingerprint density at radius 1 is 0.629 bits per heavy atom. The van der Waals surface area contributed by atoms with Crippen LogP contribution < -0.4 is 4.74 Å². The summed E-state index contributed by atoms with van der Waals surface area (Å²) in [4.78, 5) is 42.3. The van der Waals surface area contributed by atoms with E-state index >= 15 is 4.79 Å². The predicted molar refractivity (Wildman–Crippen MR) is 304 cm³/mol. The van der Waals surface area contributed by atoms with Crippen LogP contribution in [-0.2, 0) is 57.0 Å². The van der Waals surface area contributed by atoms with Gasteiger partial charge in [-0.05, 0) is 126 Å². The molecule has 4 saturated carbocycles. The molecule has 0 bridgehead atoms. The number of hydrogen-bond donors (Lipinski definition) is 13. The first-order chi connectivity index (χ1) is 41.8. The van der Waals surface area contributed by atoms with Gasteiger partial charge in [-0.2, -0.15) is 0 Å². The summed E-state index contributed by atoms with van der Waals surface area (Å²) in [5.41, 5.74) is -2.33. The third-order valence-corrected chi connectivity index (χ3v) is 22.7. The van der Waals surface area contributed by atoms with Crippen LogP contribution in [0.15, 0.2) is 42.0 Å². The van der Waals surface area contributed by atoms with Gasteiger partial charge in [0.15, 0.2) is 24.8 Å². The molecule has 26 nitrogen and oxygen atoms in total. The van der Waals surface area contributed by atoms with Crippen molar-refractivity contribution in [3.8, 4) is 5.75 Å². The summed E-state index contributed by atoms with van der Waals surface area (Å²) in [6.07, 6.45) is -24.1. The van der Waals surface area contributed by atoms with Crippen LogP contribution in [0.3, 0.4) is 0 Å². The summed E-state index contributed by atoms with van der Waals surface area (Å²) in [6.45, 7) is 13.3. The zero-order valence-corrected chi connectivity index (χ0v) is 51.5. The van der Waals surface area contributed by atoms with Gasteiger partial charge >= 0.3 is 17.9 Å². The number of hydrogen-bond acceptors (Lipinski definition) is 26. The maximum Gasteiger partial charge on any atom is 0.337 e. The molecule has 4 heterocycles. The number of methoxy groups -OCH3 is 1. The lowest BCUT2D eigenvalue weighted by Crippen LogP contribution is -2.68. The fourth-order valence-corrected chi connectivity index (χ4v) is 17.4. The first kappa shape index (κ1) is 68.0. The van der Waals surface area contributed by atoms with E-state index in [-0.39, 0.29) is 41.3 Å². The zero-order valence-electron chi connectivity index (χ0n) is 51.5. The molecule has 10 rings (SSSR count). The molecular formula is C63H92O26. The number of aliphatic hydroxyl groups is 13. The van der Waals surface area contributed by atoms with Crippen molar-refractivity contribution < 1.29 is 128 Å². The first-order valence-corrected chi connectivity index (χ1v) is 31.1. The van der Waals surface area contributed by atoms with Crippen molar-refractivity contribution in [2.45, 2.75) is 235 Å². The van der Waals surface area contributed by atoms with Crippen molar-refractivity contribution in [2.75, 3.05) is 26.9 Å². The third-order valence-electron chi connectivity index (χ3n) is 22.7. The lowest BCUT2D eigenvalue weighted by Gasteiger charge is -2.71. The molecular weight excluding hydrogens is 1170 g/mol. The van der Waals surface area contributed by atoms with Gasteiger partial charge in [0.2, 0.25) is 12.6 Å². The van der Waals surface area contributed by atoms with Gasteiger partial charge in [0, 0.05) is 6.08 Å². The van der Waals surface area contributed by atoms with Crippen molar-refractivity contribution in [2.24, 2.45) is 50.2 Å². The topological polar surface area (TPSA) is 407 Å². The van der Waals surface area contributed by atoms with Crippen molar-refractivity contribution in [1.82, 2.24) is 0 Å². The third kappa shape index (κ3) is 11.8. The van der Waals surface area contributed by atoms with E-state index in [1.165, 1.54) is 30.3 Å². The Morgan fingerprint density at radius 3 is 1.87 bits per heavy atom. The second-order valence-corrected chi connectivity index (χ2v) is 28.5. The smallest absolute Gasteiger partial charge is 0.337 e. The van der Waals surface area contributed by atoms with Crippen LogP contribution in [0.25, 0.3) is 6.08 Å². The van der Waals surface area contributed by atoms with Gasteiger partial charge in [-0.1, -0.05) is 72.2 Å². The molecule has 1 aromatic carbocycles. The Morgan fingerprint density at radius 2 is 1.24 bits per heavy atom. The fourth-order valence-electron chi connectivity index (χ4n) is 17.4. The van der Waals surface area contributed by atoms with Gasteiger partial charge in [-0.25, -0.2) is 9.59 Å². The SMILES string of the molecule is COC(=O)[C@H]1O[C@@H](O[C@H]2CC[C@]3(C)[C@H]4CC=C5[C@@H]6CC(C)(C)CC[C@]6(C(=O)O[C@@H]6OC[C@@H](O)[C@H](O[C@@H]7O[C@H](CO)[C@@H](O)[C@H](O)[C@H]7O)[C@H]6OC(=O)/C=C/c6ccc(O[C@@H]7O[C@H](CO)[C@@H](O)[C@H](O)[C@H]7O)cc6)[C@H](O)C[C@@]5(C)[C@]4(C)CC[C@H]3C2(C)C)[C@H](O)[C@@H](O)[C@@H]1O. The normalized spacial score (nSPS) is 47.7. The van der Waals surface area contributed by atoms with Gasteiger partial charge in [-0.15, -0.1) is 0 Å². The maximum absolute atomic E-state index is 15.7. The molecule has 4 aliphatic heterocycles. The quantitative estimate of drug-likeness (QED) is 0.0363. The highest BCUT2D eigenvalue weighted by atomic mass is 16.8. The Bertz CT molecular complexity index is 2760. The number of aliphatic hydroxyl groups excluding tert-OH is 13. The standard InChI is InChI=1S/C63H92O26/c1-58(2)21-22-63(31(23-58)30-14-15-36-60(5)19-18-38(85-55-48(77)44(73)45(74)50(88-55)52(78)80-8)59(3,4)35(60)17-20-61(36,6)62(30,7)24-37(63)67)57(79)89-56-51(49(32(66)27-81-56)87-54-47(76)43(72)41(70)34(26-65)84-54)86-39(68)16-11-28-9-12-29(13-10-28)82-53-46(75)42(71)40(69)33(25-64)83-53/h9-14,16,31-38,40-51,53-56,64-67,69-77H,15,17-27H2,1-8H3/b16-11+/t31-,32+,33+,34+,35-,36+,37+,38-,40+,41+,42-,43-,44-,45-,46+,47+,48+,49-,50-,51+,53+,54-,55+,56-,60-,61+,62+,63+/m0/s1. The molecule has 0 spiro atoms. The van der Waals surface area contributed by atoms with Crippen LogP contribution in [0.5, 0.6) is 5.75 Å². The molecule has 0 radical (unpaired) electrons. The summed E-state index contributed by atoms with van der Waals surface area (Å²) < 4.78 is 58.4. The lowest BCUT2D eigenvalue weighted by molar-refractivity contribution is -0.347. The second-order valence-electron chi connectivity index (χ2n) is 28.5. The minimum absolute atomic E-state index is 0.0665. The highest BCUT2D eigenvalue weighted by Crippen LogP contribution is 2.76. The summed E-state index contributed by atoms with van der Waals surface area (Å²) >= 11 is 0. The molecule has 4 saturated heterocycles. The van der Waals surface area contributed by atoms with Crippen LogP contribution in [0.4, 0.5) is 0 Å². The average molecular weight is 1270 g/mol. The van der Waals surface area contributed by atoms with E-state index in [1.807, 2.05) is 0 Å². The number of carbonyl (C=O) groups excluding carboxylic acids is 3. The predicted octanol–water partition coefficient (Wildman–Crippen LogP) is -0.626. The Balaban J connectivity index is 0.907. The number of rotatable bonds is 14. The van der Waals surface area contributed by atoms with E-state index in [2.05, 4.69) is 54.5 Å². The number of allylic oxidation sites excluding steroid dienone is 2. The molecule has 0 aromatic heterocycles. The molecule has 0 amide bonds. The summed E-state index contributed by atoms with van der Waals surface area (Å²) in [6, 6.07) is 5.92. The van der Waals surface area contributed by atoms with E-state index in [0.717, 1.165) is 31.6 Å². The Hall–Kier alpha value is -3.85. The number of esters is 3. The van der Waals surface area contributed by atoms with Gasteiger partial charge < -0.3 is 114 Å². The monoisotopic (exact) mass is 1260 g/mol. The van der Waals surface area contributed by atoms with E-state index in [4.69, 9.17) is 47.4 Å². The van der Waals surface area contributed by atoms with Crippen molar-refractivity contribution >= 4 is 24.0 Å². The number of benzene rings is 1. The largest absolute Gasteiger partial charge is 0.467 e. The van der Waals surface area contributed by atoms with Crippen LogP contribution in [0.1, 0.15) is 112 Å². The van der Waals surface area contributed by atoms with E-state index in [9.17, 15) is 76.0 Å². The molecule has 8 fully saturated rings. The lowest BCUT2D eigenvalue weighted by atomic mass is 9.33. The maximum atomic E-state index is 15.7. The molecule has 0 unspecified atom stereocenters. The van der Waals surface area contributed by atoms with Gasteiger partial charge in [-0.3, -0.25) is 4.79 Å². The molecule has 28 atom stereocenters. The molecule has 9 aliphatic rings. The van der Waals surface area contributed by atoms with Crippen molar-refractivity contribution in [3.05, 3.63) is 47.6 Å². The molecule has 26 heteroatoms. The van der Waals surface area contributed by atoms with Gasteiger partial charge in [0.05, 0.1) is 39.1 Å². The Kier molecular flexibility index (Phi) is 19.5. The van der Waals surface area contributed by atoms with Gasteiger partial charge in [0.25, 0.3) is 0 Å². The van der Waals surface area contributed by atoms with Crippen molar-refractivity contribution in [1.29, 1.82) is 0 Å². The highest BCUT2D eigenvalue weighted by molar-refractivity contribution is 5.87. The average Bonchev–Trinajstić information content (AvgIpc) is 0.680. The number of ether oxygens (including phenoxy) is 10. The summed E-state index contributed by atoms with van der Waals surface area (Å²) in [7, 11) is 1.13. The van der Waals surface area contributed by atoms with E-state index in [0.29, 0.717) is 37.7 Å². The van der Waals surface area contributed by atoms with E-state index < -0.39 is 194 Å². The molecule has 13 N–H and O–H groups in total. The molecule has 89 heavy (non-hydrogen) atoms. The second kappa shape index (κ2) is 25.5. The Labute approximate surface area is 516 Å². The minimum Gasteiger partial charge on any atom is -0.467 e. The van der Waals surface area contributed by atoms with Crippen LogP contribution in [-0.4, -0.2) is 240 Å². The molecule has 5 aliphatic carbocycles.